The second-order valence-electron chi connectivity index (χ2n) is 7.20. The summed E-state index contributed by atoms with van der Waals surface area (Å²) in [7, 11) is 0. The van der Waals surface area contributed by atoms with E-state index in [0.717, 1.165) is 4.90 Å². The molecule has 0 unspecified atom stereocenters. The summed E-state index contributed by atoms with van der Waals surface area (Å²) in [4.78, 5) is 33.7. The summed E-state index contributed by atoms with van der Waals surface area (Å²) >= 11 is 5.94. The second kappa shape index (κ2) is 7.23. The lowest BCUT2D eigenvalue weighted by Crippen LogP contribution is -2.37. The number of imide groups is 1. The number of fused-ring (bicyclic) bond motifs is 1. The Bertz CT molecular complexity index is 1110. The smallest absolute Gasteiger partial charge is 0.266 e. The molecule has 2 fully saturated rings. The van der Waals surface area contributed by atoms with Crippen LogP contribution in [0.2, 0.25) is 5.02 Å². The van der Waals surface area contributed by atoms with Gasteiger partial charge in [0.2, 0.25) is 5.91 Å². The zero-order chi connectivity index (χ0) is 20.8. The molecule has 0 aliphatic carbocycles. The van der Waals surface area contributed by atoms with Crippen LogP contribution in [0.3, 0.4) is 0 Å². The van der Waals surface area contributed by atoms with E-state index < -0.39 is 24.0 Å². The van der Waals surface area contributed by atoms with E-state index in [1.165, 1.54) is 12.1 Å². The maximum atomic E-state index is 13.5. The zero-order valence-electron chi connectivity index (χ0n) is 15.6. The highest BCUT2D eigenvalue weighted by atomic mass is 35.5. The standard InChI is InChI=1S/C23H16ClFN2O3/c24-15-8-12-17(13-9-15)26-22(28)19-20(14-6-10-16(25)11-7-14)27(30-21(19)23(26)29)18-4-2-1-3-5-18/h1-13,19-21H/t19-,20-,21-/m1/s1. The summed E-state index contributed by atoms with van der Waals surface area (Å²) in [6.07, 6.45) is -0.969. The van der Waals surface area contributed by atoms with Gasteiger partial charge in [0.1, 0.15) is 11.7 Å². The fourth-order valence-electron chi connectivity index (χ4n) is 4.06. The molecule has 7 heteroatoms. The van der Waals surface area contributed by atoms with Crippen LogP contribution in [-0.2, 0) is 14.4 Å². The Morgan fingerprint density at radius 1 is 0.800 bits per heavy atom. The molecule has 0 spiro atoms. The number of hydrogen-bond donors (Lipinski definition) is 0. The van der Waals surface area contributed by atoms with Crippen molar-refractivity contribution in [3.63, 3.8) is 0 Å². The van der Waals surface area contributed by atoms with Gasteiger partial charge in [-0.15, -0.1) is 0 Å². The highest BCUT2D eigenvalue weighted by Crippen LogP contribution is 2.47. The fraction of sp³-hybridized carbons (Fsp3) is 0.130. The molecule has 5 nitrogen and oxygen atoms in total. The fourth-order valence-corrected chi connectivity index (χ4v) is 4.18. The molecular formula is C23H16ClFN2O3. The van der Waals surface area contributed by atoms with Crippen molar-refractivity contribution in [2.24, 2.45) is 5.92 Å². The number of carbonyl (C=O) groups is 2. The zero-order valence-corrected chi connectivity index (χ0v) is 16.4. The minimum atomic E-state index is -0.969. The van der Waals surface area contributed by atoms with Gasteiger partial charge in [-0.2, -0.15) is 0 Å². The minimum Gasteiger partial charge on any atom is -0.273 e. The van der Waals surface area contributed by atoms with Gasteiger partial charge < -0.3 is 0 Å². The number of hydroxylamine groups is 1. The van der Waals surface area contributed by atoms with Gasteiger partial charge in [0.15, 0.2) is 6.10 Å². The predicted octanol–water partition coefficient (Wildman–Crippen LogP) is 4.53. The van der Waals surface area contributed by atoms with Crippen LogP contribution in [0.1, 0.15) is 11.6 Å². The molecule has 0 N–H and O–H groups in total. The molecule has 3 aromatic carbocycles. The first kappa shape index (κ1) is 18.8. The molecule has 30 heavy (non-hydrogen) atoms. The van der Waals surface area contributed by atoms with Crippen LogP contribution < -0.4 is 9.96 Å². The molecule has 2 aliphatic heterocycles. The van der Waals surface area contributed by atoms with E-state index in [0.29, 0.717) is 22.0 Å². The topological polar surface area (TPSA) is 49.9 Å². The molecule has 0 radical (unpaired) electrons. The average Bonchev–Trinajstić information content (AvgIpc) is 3.27. The highest BCUT2D eigenvalue weighted by Gasteiger charge is 2.60. The van der Waals surface area contributed by atoms with Gasteiger partial charge in [-0.05, 0) is 54.1 Å². The first-order valence-corrected chi connectivity index (χ1v) is 9.82. The Hall–Kier alpha value is -3.22. The van der Waals surface area contributed by atoms with Crippen molar-refractivity contribution >= 4 is 34.8 Å². The molecule has 0 aromatic heterocycles. The number of benzene rings is 3. The number of halogens is 2. The van der Waals surface area contributed by atoms with Crippen LogP contribution in [0.5, 0.6) is 0 Å². The van der Waals surface area contributed by atoms with E-state index in [2.05, 4.69) is 0 Å². The summed E-state index contributed by atoms with van der Waals surface area (Å²) < 4.78 is 13.5. The molecule has 0 saturated carbocycles. The summed E-state index contributed by atoms with van der Waals surface area (Å²) in [6.45, 7) is 0. The molecule has 3 aromatic rings. The lowest BCUT2D eigenvalue weighted by molar-refractivity contribution is -0.126. The van der Waals surface area contributed by atoms with Gasteiger partial charge in [-0.3, -0.25) is 14.4 Å². The van der Waals surface area contributed by atoms with Gasteiger partial charge >= 0.3 is 0 Å². The summed E-state index contributed by atoms with van der Waals surface area (Å²) in [5.74, 6) is -1.94. The molecule has 2 saturated heterocycles. The third-order valence-corrected chi connectivity index (χ3v) is 5.67. The Morgan fingerprint density at radius 2 is 1.47 bits per heavy atom. The van der Waals surface area contributed by atoms with Crippen molar-refractivity contribution in [2.45, 2.75) is 12.1 Å². The first-order valence-electron chi connectivity index (χ1n) is 9.44. The number of carbonyl (C=O) groups excluding carboxylic acids is 2. The predicted molar refractivity (Wildman–Crippen MR) is 110 cm³/mol. The van der Waals surface area contributed by atoms with Crippen LogP contribution in [-0.4, -0.2) is 17.9 Å². The Kier molecular flexibility index (Phi) is 4.53. The van der Waals surface area contributed by atoms with E-state index in [4.69, 9.17) is 16.4 Å². The summed E-state index contributed by atoms with van der Waals surface area (Å²) in [6, 6.07) is 21.1. The first-order chi connectivity index (χ1) is 14.5. The molecule has 150 valence electrons. The number of hydrogen-bond acceptors (Lipinski definition) is 4. The molecule has 2 amide bonds. The van der Waals surface area contributed by atoms with Crippen LogP contribution >= 0.6 is 11.6 Å². The van der Waals surface area contributed by atoms with Gasteiger partial charge in [-0.25, -0.2) is 14.4 Å². The molecule has 2 heterocycles. The maximum Gasteiger partial charge on any atom is 0.266 e. The number of amides is 2. The highest BCUT2D eigenvalue weighted by molar-refractivity contribution is 6.31. The van der Waals surface area contributed by atoms with Gasteiger partial charge in [0, 0.05) is 5.02 Å². The summed E-state index contributed by atoms with van der Waals surface area (Å²) in [5, 5.41) is 2.09. The molecule has 3 atom stereocenters. The van der Waals surface area contributed by atoms with Crippen molar-refractivity contribution in [1.29, 1.82) is 0 Å². The molecule has 2 aliphatic rings. The van der Waals surface area contributed by atoms with Crippen molar-refractivity contribution < 1.29 is 18.8 Å². The quantitative estimate of drug-likeness (QED) is 0.582. The number of nitrogens with zero attached hydrogens (tertiary/aromatic N) is 2. The van der Waals surface area contributed by atoms with E-state index in [1.54, 1.807) is 41.5 Å². The van der Waals surface area contributed by atoms with Crippen molar-refractivity contribution in [1.82, 2.24) is 0 Å². The van der Waals surface area contributed by atoms with E-state index in [1.807, 2.05) is 30.3 Å². The maximum absolute atomic E-state index is 13.5. The van der Waals surface area contributed by atoms with Crippen molar-refractivity contribution in [3.8, 4) is 0 Å². The number of anilines is 2. The van der Waals surface area contributed by atoms with E-state index in [9.17, 15) is 14.0 Å². The molecular weight excluding hydrogens is 407 g/mol. The van der Waals surface area contributed by atoms with E-state index >= 15 is 0 Å². The molecule has 0 bridgehead atoms. The monoisotopic (exact) mass is 422 g/mol. The number of rotatable bonds is 3. The second-order valence-corrected chi connectivity index (χ2v) is 7.63. The third-order valence-electron chi connectivity index (χ3n) is 5.42. The Labute approximate surface area is 177 Å². The van der Waals surface area contributed by atoms with Gasteiger partial charge in [0.25, 0.3) is 5.91 Å². The Morgan fingerprint density at radius 3 is 2.13 bits per heavy atom. The molecule has 5 rings (SSSR count). The SMILES string of the molecule is O=C1[C@@H]2[C@@H](c3ccc(F)cc3)N(c3ccccc3)O[C@H]2C(=O)N1c1ccc(Cl)cc1. The lowest BCUT2D eigenvalue weighted by atomic mass is 9.90. The Balaban J connectivity index is 1.58. The third kappa shape index (κ3) is 2.96. The minimum absolute atomic E-state index is 0.361. The van der Waals surface area contributed by atoms with Crippen LogP contribution in [0.15, 0.2) is 78.9 Å². The van der Waals surface area contributed by atoms with E-state index in [-0.39, 0.29) is 11.7 Å². The summed E-state index contributed by atoms with van der Waals surface area (Å²) in [5.41, 5.74) is 1.84. The van der Waals surface area contributed by atoms with Crippen LogP contribution in [0, 0.1) is 11.7 Å². The largest absolute Gasteiger partial charge is 0.273 e. The van der Waals surface area contributed by atoms with Crippen molar-refractivity contribution in [3.05, 3.63) is 95.3 Å². The number of para-hydroxylation sites is 1. The van der Waals surface area contributed by atoms with Crippen LogP contribution in [0.25, 0.3) is 0 Å². The van der Waals surface area contributed by atoms with Crippen LogP contribution in [0.4, 0.5) is 15.8 Å². The van der Waals surface area contributed by atoms with Gasteiger partial charge in [-0.1, -0.05) is 41.9 Å². The van der Waals surface area contributed by atoms with Gasteiger partial charge in [0.05, 0.1) is 17.4 Å². The average molecular weight is 423 g/mol. The normalized spacial score (nSPS) is 23.2. The van der Waals surface area contributed by atoms with Crippen molar-refractivity contribution in [2.75, 3.05) is 9.96 Å². The lowest BCUT2D eigenvalue weighted by Gasteiger charge is -2.28.